The molecule has 0 spiro atoms. The van der Waals surface area contributed by atoms with Crippen molar-refractivity contribution in [2.75, 3.05) is 36.7 Å². The Balaban J connectivity index is 0.000000158. The highest BCUT2D eigenvalue weighted by molar-refractivity contribution is 8.01. The van der Waals surface area contributed by atoms with Gasteiger partial charge < -0.3 is 25.4 Å². The van der Waals surface area contributed by atoms with Gasteiger partial charge >= 0.3 is 0 Å². The highest BCUT2D eigenvalue weighted by Gasteiger charge is 2.35. The summed E-state index contributed by atoms with van der Waals surface area (Å²) in [5, 5.41) is 12.0. The molecule has 5 aromatic carbocycles. The number of thiazole rings is 1. The Bertz CT molecular complexity index is 2400. The molecular formula is C44H45N5O6S3. The number of aryl methyl sites for hydroxylation is 3. The monoisotopic (exact) mass is 835 g/mol. The number of thioether (sulfide) groups is 2. The number of amides is 3. The Labute approximate surface area is 350 Å². The average Bonchev–Trinajstić information content (AvgIpc) is 3.59. The molecular weight excluding hydrogens is 791 g/mol. The minimum atomic E-state index is -0.625. The summed E-state index contributed by atoms with van der Waals surface area (Å²) in [6, 6.07) is 33.5. The first-order chi connectivity index (χ1) is 27.9. The number of aromatic nitrogens is 1. The van der Waals surface area contributed by atoms with Crippen LogP contribution in [0.2, 0.25) is 0 Å². The average molecular weight is 836 g/mol. The fourth-order valence-corrected chi connectivity index (χ4v) is 9.74. The number of benzene rings is 5. The standard InChI is InChI=1S/C19H20N2O4S.C17H17NO2S.C8H8N2S/c1-12-3-8-15-16(9-12)26-17(19(23)21(15)11-18(22)20-24)10-13-4-6-14(25-2)7-5-13;1-11-3-8-14-15(9-11)21-16(17(19)18-14)10-12-4-6-13(20-2)7-5-12;1-5-2-3-6-7(4-5)11-8(9)10-6/h3-9,17,24H,10-11H2,1-2H3,(H,20,22);3-9,16H,10H2,1-2H3,(H,18,19);2-4H,1H3,(H2,9,10). The summed E-state index contributed by atoms with van der Waals surface area (Å²) in [6.07, 6.45) is 1.26. The number of rotatable bonds is 8. The van der Waals surface area contributed by atoms with Gasteiger partial charge in [0, 0.05) is 9.79 Å². The molecule has 2 atom stereocenters. The van der Waals surface area contributed by atoms with E-state index in [1.54, 1.807) is 31.5 Å². The molecule has 0 saturated heterocycles. The Morgan fingerprint density at radius 2 is 1.33 bits per heavy atom. The number of nitrogens with zero attached hydrogens (tertiary/aromatic N) is 2. The zero-order valence-electron chi connectivity index (χ0n) is 32.8. The highest BCUT2D eigenvalue weighted by Crippen LogP contribution is 2.41. The second-order valence-corrected chi connectivity index (χ2v) is 17.3. The molecule has 0 bridgehead atoms. The zero-order valence-corrected chi connectivity index (χ0v) is 35.2. The van der Waals surface area contributed by atoms with Gasteiger partial charge in [-0.25, -0.2) is 10.5 Å². The first-order valence-corrected chi connectivity index (χ1v) is 21.0. The maximum absolute atomic E-state index is 13.0. The number of nitrogens with two attached hydrogens (primary N) is 1. The molecule has 5 N–H and O–H groups in total. The van der Waals surface area contributed by atoms with Crippen LogP contribution in [0, 0.1) is 20.8 Å². The third-order valence-electron chi connectivity index (χ3n) is 9.32. The number of hydrogen-bond acceptors (Lipinski definition) is 11. The highest BCUT2D eigenvalue weighted by atomic mass is 32.2. The van der Waals surface area contributed by atoms with Crippen LogP contribution in [0.25, 0.3) is 10.2 Å². The van der Waals surface area contributed by atoms with Gasteiger partial charge in [-0.1, -0.05) is 53.8 Å². The van der Waals surface area contributed by atoms with Gasteiger partial charge in [0.05, 0.1) is 46.3 Å². The first-order valence-electron chi connectivity index (χ1n) is 18.4. The molecule has 0 aliphatic carbocycles. The number of nitrogen functional groups attached to an aromatic ring is 1. The molecule has 6 aromatic rings. The van der Waals surface area contributed by atoms with Gasteiger partial charge in [0.2, 0.25) is 11.8 Å². The molecule has 58 heavy (non-hydrogen) atoms. The van der Waals surface area contributed by atoms with Crippen molar-refractivity contribution in [3.05, 3.63) is 131 Å². The van der Waals surface area contributed by atoms with Crippen molar-refractivity contribution >= 4 is 79.3 Å². The Hall–Kier alpha value is -5.54. The number of methoxy groups -OCH3 is 2. The Morgan fingerprint density at radius 1 is 0.776 bits per heavy atom. The van der Waals surface area contributed by atoms with Gasteiger partial charge in [-0.2, -0.15) is 0 Å². The van der Waals surface area contributed by atoms with Crippen LogP contribution in [0.15, 0.2) is 113 Å². The Kier molecular flexibility index (Phi) is 14.0. The van der Waals surface area contributed by atoms with Crippen molar-refractivity contribution in [1.29, 1.82) is 0 Å². The van der Waals surface area contributed by atoms with Crippen LogP contribution in [0.4, 0.5) is 16.5 Å². The van der Waals surface area contributed by atoms with Crippen molar-refractivity contribution < 1.29 is 29.1 Å². The van der Waals surface area contributed by atoms with E-state index in [2.05, 4.69) is 36.3 Å². The fourth-order valence-electron chi connectivity index (χ4n) is 6.29. The van der Waals surface area contributed by atoms with Gasteiger partial charge in [0.15, 0.2) is 5.13 Å². The fraction of sp³-hybridized carbons (Fsp3) is 0.227. The van der Waals surface area contributed by atoms with Crippen molar-refractivity contribution in [2.45, 2.75) is 53.9 Å². The van der Waals surface area contributed by atoms with Crippen LogP contribution in [-0.4, -0.2) is 59.2 Å². The summed E-state index contributed by atoms with van der Waals surface area (Å²) in [7, 11) is 3.26. The van der Waals surface area contributed by atoms with Crippen LogP contribution in [0.5, 0.6) is 11.5 Å². The van der Waals surface area contributed by atoms with E-state index in [-0.39, 0.29) is 28.9 Å². The molecule has 14 heteroatoms. The second kappa shape index (κ2) is 19.3. The number of hydrogen-bond donors (Lipinski definition) is 4. The van der Waals surface area contributed by atoms with Crippen molar-refractivity contribution in [3.63, 3.8) is 0 Å². The van der Waals surface area contributed by atoms with E-state index in [1.165, 1.54) is 43.8 Å². The van der Waals surface area contributed by atoms with E-state index in [9.17, 15) is 14.4 Å². The third-order valence-corrected chi connectivity index (χ3v) is 12.7. The molecule has 2 aliphatic rings. The van der Waals surface area contributed by atoms with Crippen LogP contribution in [0.1, 0.15) is 27.8 Å². The first kappa shape index (κ1) is 42.1. The van der Waals surface area contributed by atoms with Crippen molar-refractivity contribution in [2.24, 2.45) is 0 Å². The minimum absolute atomic E-state index is 0.0761. The number of hydroxylamine groups is 1. The molecule has 3 heterocycles. The minimum Gasteiger partial charge on any atom is -0.497 e. The van der Waals surface area contributed by atoms with Crippen LogP contribution < -0.4 is 30.9 Å². The predicted octanol–water partition coefficient (Wildman–Crippen LogP) is 8.41. The molecule has 11 nitrogen and oxygen atoms in total. The molecule has 0 saturated carbocycles. The number of carbonyl (C=O) groups is 3. The van der Waals surface area contributed by atoms with Crippen molar-refractivity contribution in [1.82, 2.24) is 10.5 Å². The normalized spacial score (nSPS) is 15.4. The van der Waals surface area contributed by atoms with Crippen LogP contribution in [-0.2, 0) is 27.2 Å². The lowest BCUT2D eigenvalue weighted by Gasteiger charge is -2.33. The Morgan fingerprint density at radius 3 is 1.95 bits per heavy atom. The van der Waals surface area contributed by atoms with Gasteiger partial charge in [0.1, 0.15) is 18.0 Å². The quantitative estimate of drug-likeness (QED) is 0.0868. The number of fused-ring (bicyclic) bond motifs is 3. The number of ether oxygens (including phenoxy) is 2. The summed E-state index contributed by atoms with van der Waals surface area (Å²) in [5.41, 5.74) is 15.5. The van der Waals surface area contributed by atoms with Gasteiger partial charge in [-0.15, -0.1) is 23.5 Å². The van der Waals surface area contributed by atoms with E-state index in [4.69, 9.17) is 20.4 Å². The molecule has 300 valence electrons. The lowest BCUT2D eigenvalue weighted by molar-refractivity contribution is -0.129. The van der Waals surface area contributed by atoms with E-state index < -0.39 is 5.91 Å². The largest absolute Gasteiger partial charge is 0.497 e. The van der Waals surface area contributed by atoms with Gasteiger partial charge in [0.25, 0.3) is 5.91 Å². The molecule has 8 rings (SSSR count). The number of anilines is 3. The molecule has 1 aromatic heterocycles. The smallest absolute Gasteiger partial charge is 0.263 e. The maximum Gasteiger partial charge on any atom is 0.263 e. The summed E-state index contributed by atoms with van der Waals surface area (Å²) < 4.78 is 11.5. The number of carbonyl (C=O) groups excluding carboxylic acids is 3. The SMILES string of the molecule is COc1ccc(CC2Sc3cc(C)ccc3N(CC(=O)NO)C2=O)cc1.COc1ccc(CC2Sc3cc(C)ccc3NC2=O)cc1.Cc1ccc2nc(N)sc2c1. The molecule has 2 unspecified atom stereocenters. The third kappa shape index (κ3) is 10.7. The van der Waals surface area contributed by atoms with E-state index in [1.807, 2.05) is 97.9 Å². The molecule has 3 amide bonds. The molecule has 0 radical (unpaired) electrons. The second-order valence-electron chi connectivity index (χ2n) is 13.8. The summed E-state index contributed by atoms with van der Waals surface area (Å²) in [5.74, 6) is 0.900. The zero-order chi connectivity index (χ0) is 41.3. The van der Waals surface area contributed by atoms with Gasteiger partial charge in [-0.05, 0) is 122 Å². The number of nitrogens with one attached hydrogen (secondary N) is 2. The van der Waals surface area contributed by atoms with Crippen LogP contribution in [0.3, 0.4) is 0 Å². The summed E-state index contributed by atoms with van der Waals surface area (Å²) in [6.45, 7) is 5.90. The van der Waals surface area contributed by atoms with Crippen molar-refractivity contribution in [3.8, 4) is 11.5 Å². The predicted molar refractivity (Wildman–Crippen MR) is 235 cm³/mol. The lowest BCUT2D eigenvalue weighted by atomic mass is 10.1. The summed E-state index contributed by atoms with van der Waals surface area (Å²) in [4.78, 5) is 44.5. The van der Waals surface area contributed by atoms with Crippen LogP contribution >= 0.6 is 34.9 Å². The maximum atomic E-state index is 13.0. The molecule has 0 fully saturated rings. The molecule has 2 aliphatic heterocycles. The summed E-state index contributed by atoms with van der Waals surface area (Å²) >= 11 is 4.68. The van der Waals surface area contributed by atoms with E-state index >= 15 is 0 Å². The van der Waals surface area contributed by atoms with E-state index in [0.717, 1.165) is 49.2 Å². The van der Waals surface area contributed by atoms with Gasteiger partial charge in [-0.3, -0.25) is 19.6 Å². The topological polar surface area (TPSA) is 156 Å². The van der Waals surface area contributed by atoms with E-state index in [0.29, 0.717) is 23.7 Å². The lowest BCUT2D eigenvalue weighted by Crippen LogP contribution is -2.46.